The van der Waals surface area contributed by atoms with Crippen LogP contribution in [0.2, 0.25) is 0 Å². The summed E-state index contributed by atoms with van der Waals surface area (Å²) in [6.07, 6.45) is 1.86. The van der Waals surface area contributed by atoms with E-state index in [0.29, 0.717) is 0 Å². The second kappa shape index (κ2) is 6.58. The molecular weight excluding hydrogens is 318 g/mol. The molecule has 6 nitrogen and oxygen atoms in total. The first kappa shape index (κ1) is 17.6. The van der Waals surface area contributed by atoms with Gasteiger partial charge in [0.25, 0.3) is 0 Å². The predicted molar refractivity (Wildman–Crippen MR) is 94.1 cm³/mol. The molecular formula is C19H27N3O3. The Morgan fingerprint density at radius 1 is 1.32 bits per heavy atom. The third-order valence-electron chi connectivity index (χ3n) is 4.68. The molecule has 1 fully saturated rings. The van der Waals surface area contributed by atoms with Gasteiger partial charge in [0, 0.05) is 12.6 Å². The molecule has 0 aliphatic carbocycles. The first-order valence-electron chi connectivity index (χ1n) is 8.82. The van der Waals surface area contributed by atoms with Crippen LogP contribution in [0.5, 0.6) is 0 Å². The van der Waals surface area contributed by atoms with Crippen LogP contribution in [0, 0.1) is 19.3 Å². The lowest BCUT2D eigenvalue weighted by Gasteiger charge is -2.33. The molecule has 0 spiro atoms. The number of likely N-dealkylation sites (tertiary alicyclic amines) is 1. The number of rotatable bonds is 3. The minimum Gasteiger partial charge on any atom is -0.464 e. The molecule has 136 valence electrons. The first-order valence-corrected chi connectivity index (χ1v) is 8.82. The molecule has 1 aliphatic rings. The van der Waals surface area contributed by atoms with Crippen molar-refractivity contribution in [3.8, 4) is 0 Å². The third kappa shape index (κ3) is 3.72. The number of nitrogens with one attached hydrogen (secondary N) is 1. The Hall–Kier alpha value is -2.24. The molecule has 3 heterocycles. The van der Waals surface area contributed by atoms with Gasteiger partial charge in [0.15, 0.2) is 0 Å². The number of aromatic nitrogens is 1. The van der Waals surface area contributed by atoms with Crippen molar-refractivity contribution in [2.24, 2.45) is 5.41 Å². The second-order valence-electron chi connectivity index (χ2n) is 7.91. The average molecular weight is 345 g/mol. The second-order valence-corrected chi connectivity index (χ2v) is 7.91. The van der Waals surface area contributed by atoms with Crippen LogP contribution in [-0.4, -0.2) is 22.6 Å². The van der Waals surface area contributed by atoms with E-state index in [1.54, 1.807) is 0 Å². The lowest BCUT2D eigenvalue weighted by Crippen LogP contribution is -2.44. The van der Waals surface area contributed by atoms with Gasteiger partial charge in [-0.1, -0.05) is 25.9 Å². The monoisotopic (exact) mass is 345 g/mol. The van der Waals surface area contributed by atoms with Gasteiger partial charge in [0.2, 0.25) is 0 Å². The molecule has 2 aromatic rings. The number of amides is 2. The SMILES string of the molecule is Cc1cc([C@@H]2CCCN2C(=O)N[C@H](c2ccc(C)o2)C(C)(C)C)no1. The molecule has 0 unspecified atom stereocenters. The van der Waals surface area contributed by atoms with Gasteiger partial charge in [-0.3, -0.25) is 0 Å². The Bertz CT molecular complexity index is 741. The van der Waals surface area contributed by atoms with Crippen LogP contribution in [0.25, 0.3) is 0 Å². The van der Waals surface area contributed by atoms with E-state index < -0.39 is 0 Å². The average Bonchev–Trinajstić information content (AvgIpc) is 3.23. The van der Waals surface area contributed by atoms with Gasteiger partial charge in [-0.15, -0.1) is 0 Å². The van der Waals surface area contributed by atoms with Crippen molar-refractivity contribution < 1.29 is 13.7 Å². The van der Waals surface area contributed by atoms with Crippen molar-refractivity contribution in [1.29, 1.82) is 0 Å². The zero-order chi connectivity index (χ0) is 18.2. The number of furan rings is 1. The van der Waals surface area contributed by atoms with E-state index in [0.717, 1.165) is 42.4 Å². The summed E-state index contributed by atoms with van der Waals surface area (Å²) in [6.45, 7) is 10.8. The number of nitrogens with zero attached hydrogens (tertiary/aromatic N) is 2. The van der Waals surface area contributed by atoms with Crippen molar-refractivity contribution >= 4 is 6.03 Å². The van der Waals surface area contributed by atoms with Crippen LogP contribution in [0.3, 0.4) is 0 Å². The Balaban J connectivity index is 1.79. The Morgan fingerprint density at radius 3 is 2.64 bits per heavy atom. The fourth-order valence-corrected chi connectivity index (χ4v) is 3.39. The van der Waals surface area contributed by atoms with Crippen molar-refractivity contribution in [2.75, 3.05) is 6.54 Å². The molecule has 1 N–H and O–H groups in total. The summed E-state index contributed by atoms with van der Waals surface area (Å²) in [7, 11) is 0. The molecule has 2 aromatic heterocycles. The van der Waals surface area contributed by atoms with E-state index in [1.807, 2.05) is 36.9 Å². The maximum absolute atomic E-state index is 13.0. The summed E-state index contributed by atoms with van der Waals surface area (Å²) in [5.41, 5.74) is 0.658. The summed E-state index contributed by atoms with van der Waals surface area (Å²) in [5.74, 6) is 2.39. The number of carbonyl (C=O) groups is 1. The molecule has 6 heteroatoms. The molecule has 2 amide bonds. The van der Waals surface area contributed by atoms with E-state index in [-0.39, 0.29) is 23.5 Å². The zero-order valence-corrected chi connectivity index (χ0v) is 15.6. The normalized spacial score (nSPS) is 19.2. The minimum absolute atomic E-state index is 0.0311. The highest BCUT2D eigenvalue weighted by molar-refractivity contribution is 5.75. The molecule has 2 atom stereocenters. The van der Waals surface area contributed by atoms with E-state index in [4.69, 9.17) is 8.94 Å². The number of hydrogen-bond donors (Lipinski definition) is 1. The van der Waals surface area contributed by atoms with Crippen LogP contribution in [0.15, 0.2) is 27.1 Å². The highest BCUT2D eigenvalue weighted by atomic mass is 16.5. The molecule has 0 bridgehead atoms. The summed E-state index contributed by atoms with van der Waals surface area (Å²) in [4.78, 5) is 14.8. The van der Waals surface area contributed by atoms with Crippen LogP contribution in [0.4, 0.5) is 4.79 Å². The standard InChI is InChI=1S/C19H27N3O3/c1-12-8-9-16(24-12)17(19(3,4)5)20-18(23)22-10-6-7-15(22)14-11-13(2)25-21-14/h8-9,11,15,17H,6-7,10H2,1-5H3,(H,20,23)/t15-,17+/m0/s1. The Morgan fingerprint density at radius 2 is 2.08 bits per heavy atom. The Kier molecular flexibility index (Phi) is 4.62. The zero-order valence-electron chi connectivity index (χ0n) is 15.6. The largest absolute Gasteiger partial charge is 0.464 e. The molecule has 0 saturated carbocycles. The van der Waals surface area contributed by atoms with Gasteiger partial charge in [-0.2, -0.15) is 0 Å². The topological polar surface area (TPSA) is 71.5 Å². The molecule has 1 aliphatic heterocycles. The third-order valence-corrected chi connectivity index (χ3v) is 4.68. The molecule has 0 aromatic carbocycles. The van der Waals surface area contributed by atoms with Crippen LogP contribution in [0.1, 0.15) is 68.7 Å². The molecule has 25 heavy (non-hydrogen) atoms. The van der Waals surface area contributed by atoms with Crippen LogP contribution >= 0.6 is 0 Å². The lowest BCUT2D eigenvalue weighted by atomic mass is 9.85. The van der Waals surface area contributed by atoms with Crippen molar-refractivity contribution in [3.05, 3.63) is 41.2 Å². The van der Waals surface area contributed by atoms with Crippen LogP contribution in [-0.2, 0) is 0 Å². The maximum atomic E-state index is 13.0. The number of urea groups is 1. The van der Waals surface area contributed by atoms with Gasteiger partial charge in [0.1, 0.15) is 23.0 Å². The van der Waals surface area contributed by atoms with Gasteiger partial charge in [0.05, 0.1) is 12.1 Å². The quantitative estimate of drug-likeness (QED) is 0.888. The summed E-state index contributed by atoms with van der Waals surface area (Å²) < 4.78 is 11.0. The van der Waals surface area contributed by atoms with E-state index in [2.05, 4.69) is 31.2 Å². The number of carbonyl (C=O) groups excluding carboxylic acids is 1. The maximum Gasteiger partial charge on any atom is 0.318 e. The smallest absolute Gasteiger partial charge is 0.318 e. The van der Waals surface area contributed by atoms with Gasteiger partial charge in [-0.25, -0.2) is 4.79 Å². The van der Waals surface area contributed by atoms with E-state index in [9.17, 15) is 4.79 Å². The number of hydrogen-bond acceptors (Lipinski definition) is 4. The van der Waals surface area contributed by atoms with Gasteiger partial charge in [-0.05, 0) is 44.2 Å². The van der Waals surface area contributed by atoms with E-state index >= 15 is 0 Å². The summed E-state index contributed by atoms with van der Waals surface area (Å²) in [5, 5.41) is 7.27. The van der Waals surface area contributed by atoms with Crippen LogP contribution < -0.4 is 5.32 Å². The van der Waals surface area contributed by atoms with Crippen molar-refractivity contribution in [3.63, 3.8) is 0 Å². The summed E-state index contributed by atoms with van der Waals surface area (Å²) >= 11 is 0. The van der Waals surface area contributed by atoms with Gasteiger partial charge >= 0.3 is 6.03 Å². The predicted octanol–water partition coefficient (Wildman–Crippen LogP) is 4.52. The Labute approximate surface area is 148 Å². The summed E-state index contributed by atoms with van der Waals surface area (Å²) in [6, 6.07) is 5.46. The number of aryl methyl sites for hydroxylation is 2. The van der Waals surface area contributed by atoms with Crippen molar-refractivity contribution in [1.82, 2.24) is 15.4 Å². The van der Waals surface area contributed by atoms with E-state index in [1.165, 1.54) is 0 Å². The molecule has 3 rings (SSSR count). The highest BCUT2D eigenvalue weighted by Crippen LogP contribution is 2.36. The lowest BCUT2D eigenvalue weighted by molar-refractivity contribution is 0.167. The fraction of sp³-hybridized carbons (Fsp3) is 0.579. The molecule has 1 saturated heterocycles. The fourth-order valence-electron chi connectivity index (χ4n) is 3.39. The first-order chi connectivity index (χ1) is 11.8. The molecule has 0 radical (unpaired) electrons. The highest BCUT2D eigenvalue weighted by Gasteiger charge is 2.36. The van der Waals surface area contributed by atoms with Crippen molar-refractivity contribution in [2.45, 2.75) is 59.5 Å². The minimum atomic E-state index is -0.200. The van der Waals surface area contributed by atoms with Gasteiger partial charge < -0.3 is 19.2 Å².